The summed E-state index contributed by atoms with van der Waals surface area (Å²) >= 11 is 3.52. The highest BCUT2D eigenvalue weighted by atomic mass is 79.9. The van der Waals surface area contributed by atoms with E-state index < -0.39 is 0 Å². The van der Waals surface area contributed by atoms with E-state index >= 15 is 0 Å². The summed E-state index contributed by atoms with van der Waals surface area (Å²) < 4.78 is 13.1. The Hall–Kier alpha value is -2.85. The van der Waals surface area contributed by atoms with Gasteiger partial charge in [-0.05, 0) is 29.3 Å². The molecule has 27 heavy (non-hydrogen) atoms. The van der Waals surface area contributed by atoms with Crippen LogP contribution in [-0.2, 0) is 0 Å². The number of rotatable bonds is 5. The molecule has 0 saturated carbocycles. The largest absolute Gasteiger partial charge is 0.477 e. The molecule has 4 heteroatoms. The Labute approximate surface area is 165 Å². The number of carbonyl (C=O) groups excluding carboxylic acids is 1. The van der Waals surface area contributed by atoms with Crippen LogP contribution in [0.1, 0.15) is 34.7 Å². The maximum atomic E-state index is 11.8. The summed E-state index contributed by atoms with van der Waals surface area (Å²) in [5.41, 5.74) is 2.64. The smallest absolute Gasteiger partial charge is 0.194 e. The molecule has 0 N–H and O–H groups in total. The van der Waals surface area contributed by atoms with E-state index in [0.717, 1.165) is 21.0 Å². The molecule has 0 aliphatic heterocycles. The van der Waals surface area contributed by atoms with Gasteiger partial charge in [0.15, 0.2) is 22.9 Å². The van der Waals surface area contributed by atoms with Crippen LogP contribution in [0.4, 0.5) is 0 Å². The molecule has 0 fully saturated rings. The molecule has 0 saturated heterocycles. The van der Waals surface area contributed by atoms with Gasteiger partial charge in [0.05, 0.1) is 0 Å². The Balaban J connectivity index is 1.82. The average molecular weight is 421 g/mol. The van der Waals surface area contributed by atoms with Gasteiger partial charge in [-0.15, -0.1) is 0 Å². The lowest BCUT2D eigenvalue weighted by Crippen LogP contribution is -2.09. The summed E-state index contributed by atoms with van der Waals surface area (Å²) in [6.45, 7) is 1.49. The number of hydrogen-bond acceptors (Lipinski definition) is 3. The van der Waals surface area contributed by atoms with Crippen molar-refractivity contribution in [2.45, 2.75) is 13.0 Å². The van der Waals surface area contributed by atoms with Gasteiger partial charge in [0.1, 0.15) is 6.10 Å². The van der Waals surface area contributed by atoms with Crippen LogP contribution < -0.4 is 4.74 Å². The summed E-state index contributed by atoms with van der Waals surface area (Å²) in [5, 5.41) is 0.817. The molecule has 134 valence electrons. The van der Waals surface area contributed by atoms with Crippen molar-refractivity contribution in [2.24, 2.45) is 0 Å². The number of fused-ring (bicyclic) bond motifs is 1. The number of furan rings is 1. The monoisotopic (exact) mass is 420 g/mol. The summed E-state index contributed by atoms with van der Waals surface area (Å²) in [7, 11) is 0. The van der Waals surface area contributed by atoms with Crippen LogP contribution in [0.5, 0.6) is 5.75 Å². The fourth-order valence-corrected chi connectivity index (χ4v) is 3.47. The molecule has 0 bridgehead atoms. The van der Waals surface area contributed by atoms with Crippen molar-refractivity contribution >= 4 is 32.7 Å². The number of halogens is 1. The van der Waals surface area contributed by atoms with Gasteiger partial charge in [-0.1, -0.05) is 76.6 Å². The molecule has 1 aromatic heterocycles. The number of benzene rings is 3. The second kappa shape index (κ2) is 7.41. The molecular weight excluding hydrogens is 404 g/mol. The predicted molar refractivity (Wildman–Crippen MR) is 109 cm³/mol. The lowest BCUT2D eigenvalue weighted by Gasteiger charge is -2.20. The molecule has 1 heterocycles. The maximum Gasteiger partial charge on any atom is 0.194 e. The van der Waals surface area contributed by atoms with Crippen LogP contribution in [-0.4, -0.2) is 5.78 Å². The van der Waals surface area contributed by atoms with Crippen molar-refractivity contribution in [3.8, 4) is 5.75 Å². The van der Waals surface area contributed by atoms with E-state index in [2.05, 4.69) is 15.9 Å². The second-order valence-electron chi connectivity index (χ2n) is 6.27. The van der Waals surface area contributed by atoms with E-state index in [1.54, 1.807) is 6.07 Å². The van der Waals surface area contributed by atoms with Gasteiger partial charge in [-0.2, -0.15) is 0 Å². The quantitative estimate of drug-likeness (QED) is 0.343. The third kappa shape index (κ3) is 3.53. The Morgan fingerprint density at radius 1 is 0.926 bits per heavy atom. The number of ether oxygens (including phenoxy) is 1. The molecule has 0 amide bonds. The zero-order valence-corrected chi connectivity index (χ0v) is 16.3. The molecule has 0 atom stereocenters. The first-order valence-corrected chi connectivity index (χ1v) is 9.42. The fourth-order valence-electron chi connectivity index (χ4n) is 3.04. The summed E-state index contributed by atoms with van der Waals surface area (Å²) in [6.07, 6.45) is -0.289. The van der Waals surface area contributed by atoms with Gasteiger partial charge >= 0.3 is 0 Å². The van der Waals surface area contributed by atoms with Gasteiger partial charge in [-0.3, -0.25) is 4.79 Å². The van der Waals surface area contributed by atoms with Crippen molar-refractivity contribution < 1.29 is 13.9 Å². The van der Waals surface area contributed by atoms with E-state index in [1.807, 2.05) is 72.8 Å². The fraction of sp³-hybridized carbons (Fsp3) is 0.0870. The second-order valence-corrected chi connectivity index (χ2v) is 7.13. The number of ketones is 1. The normalized spacial score (nSPS) is 11.1. The first kappa shape index (κ1) is 17.6. The predicted octanol–water partition coefficient (Wildman–Crippen LogP) is 6.57. The lowest BCUT2D eigenvalue weighted by atomic mass is 10.0. The highest BCUT2D eigenvalue weighted by Crippen LogP contribution is 2.38. The first-order chi connectivity index (χ1) is 13.1. The molecule has 0 unspecified atom stereocenters. The van der Waals surface area contributed by atoms with Crippen molar-refractivity contribution in [2.75, 3.05) is 0 Å². The number of hydrogen-bond donors (Lipinski definition) is 0. The van der Waals surface area contributed by atoms with E-state index in [9.17, 15) is 4.79 Å². The molecule has 4 rings (SSSR count). The minimum absolute atomic E-state index is 0.119. The third-order valence-corrected chi connectivity index (χ3v) is 5.08. The van der Waals surface area contributed by atoms with E-state index in [-0.39, 0.29) is 11.9 Å². The topological polar surface area (TPSA) is 39.4 Å². The molecule has 4 aromatic rings. The van der Waals surface area contributed by atoms with Gasteiger partial charge < -0.3 is 9.15 Å². The van der Waals surface area contributed by atoms with Crippen LogP contribution in [0.3, 0.4) is 0 Å². The first-order valence-electron chi connectivity index (χ1n) is 8.63. The molecule has 0 spiro atoms. The van der Waals surface area contributed by atoms with Crippen LogP contribution in [0, 0.1) is 0 Å². The summed E-state index contributed by atoms with van der Waals surface area (Å²) in [5.74, 6) is 0.794. The molecule has 3 aromatic carbocycles. The Bertz CT molecular complexity index is 1050. The minimum atomic E-state index is -0.289. The Kier molecular flexibility index (Phi) is 4.82. The molecular formula is C23H17BrO3. The average Bonchev–Trinajstić information content (AvgIpc) is 3.16. The van der Waals surface area contributed by atoms with Crippen molar-refractivity contribution in [1.29, 1.82) is 0 Å². The van der Waals surface area contributed by atoms with Crippen molar-refractivity contribution in [3.63, 3.8) is 0 Å². The van der Waals surface area contributed by atoms with E-state index in [0.29, 0.717) is 17.1 Å². The highest BCUT2D eigenvalue weighted by Gasteiger charge is 2.20. The van der Waals surface area contributed by atoms with Crippen LogP contribution >= 0.6 is 15.9 Å². The number of carbonyl (C=O) groups is 1. The Morgan fingerprint density at radius 2 is 1.52 bits per heavy atom. The zero-order valence-electron chi connectivity index (χ0n) is 14.7. The minimum Gasteiger partial charge on any atom is -0.477 e. The van der Waals surface area contributed by atoms with Gasteiger partial charge in [0.2, 0.25) is 0 Å². The van der Waals surface area contributed by atoms with E-state index in [1.165, 1.54) is 6.92 Å². The molecule has 0 aliphatic rings. The number of Topliss-reactive ketones (excluding diaryl/α,β-unsaturated/α-hetero) is 1. The summed E-state index contributed by atoms with van der Waals surface area (Å²) in [6, 6.07) is 25.6. The van der Waals surface area contributed by atoms with Gasteiger partial charge in [0, 0.05) is 16.8 Å². The highest BCUT2D eigenvalue weighted by molar-refractivity contribution is 9.10. The third-order valence-electron chi connectivity index (χ3n) is 4.39. The maximum absolute atomic E-state index is 11.8. The van der Waals surface area contributed by atoms with Crippen LogP contribution in [0.2, 0.25) is 0 Å². The zero-order chi connectivity index (χ0) is 18.8. The lowest BCUT2D eigenvalue weighted by molar-refractivity contribution is 0.0989. The summed E-state index contributed by atoms with van der Waals surface area (Å²) in [4.78, 5) is 11.8. The van der Waals surface area contributed by atoms with Crippen LogP contribution in [0.25, 0.3) is 11.0 Å². The van der Waals surface area contributed by atoms with Gasteiger partial charge in [-0.25, -0.2) is 0 Å². The standard InChI is InChI=1S/C23H17BrO3/c1-15(25)21-14-18-19(24)12-13-20(23(18)27-21)26-22(16-8-4-2-5-9-16)17-10-6-3-7-11-17/h2-14,22H,1H3. The van der Waals surface area contributed by atoms with Crippen molar-refractivity contribution in [3.05, 3.63) is 100 Å². The van der Waals surface area contributed by atoms with Gasteiger partial charge in [0.25, 0.3) is 0 Å². The molecule has 0 aliphatic carbocycles. The SMILES string of the molecule is CC(=O)c1cc2c(Br)ccc(OC(c3ccccc3)c3ccccc3)c2o1. The molecule has 0 radical (unpaired) electrons. The van der Waals surface area contributed by atoms with E-state index in [4.69, 9.17) is 9.15 Å². The van der Waals surface area contributed by atoms with Crippen molar-refractivity contribution in [1.82, 2.24) is 0 Å². The Morgan fingerprint density at radius 3 is 2.07 bits per heavy atom. The van der Waals surface area contributed by atoms with Crippen LogP contribution in [0.15, 0.2) is 87.8 Å². The molecule has 3 nitrogen and oxygen atoms in total.